The molecule has 11 heavy (non-hydrogen) atoms. The van der Waals surface area contributed by atoms with E-state index in [1.54, 1.807) is 0 Å². The summed E-state index contributed by atoms with van der Waals surface area (Å²) in [7, 11) is 5.22. The van der Waals surface area contributed by atoms with Crippen molar-refractivity contribution in [2.45, 2.75) is 22.4 Å². The highest BCUT2D eigenvalue weighted by Gasteiger charge is 2.52. The van der Waals surface area contributed by atoms with Crippen molar-refractivity contribution in [3.63, 3.8) is 0 Å². The van der Waals surface area contributed by atoms with Crippen molar-refractivity contribution in [3.05, 3.63) is 0 Å². The van der Waals surface area contributed by atoms with Crippen LogP contribution < -0.4 is 0 Å². The van der Waals surface area contributed by atoms with Gasteiger partial charge < -0.3 is 15.3 Å². The number of halogens is 1. The summed E-state index contributed by atoms with van der Waals surface area (Å²) in [5, 5.41) is 23.4. The van der Waals surface area contributed by atoms with Crippen LogP contribution in [0.1, 0.15) is 0 Å². The maximum absolute atomic E-state index is 13.2. The van der Waals surface area contributed by atoms with Gasteiger partial charge in [-0.3, -0.25) is 0 Å². The van der Waals surface area contributed by atoms with Crippen LogP contribution in [-0.4, -0.2) is 52.1 Å². The third-order valence-electron chi connectivity index (χ3n) is 1.65. The number of aliphatic hydroxyl groups excluding tert-OH is 3. The molecular formula is C5H8BFO3S. The Morgan fingerprint density at radius 1 is 1.55 bits per heavy atom. The first kappa shape index (κ1) is 9.31. The molecule has 2 radical (unpaired) electrons. The van der Waals surface area contributed by atoms with Gasteiger partial charge in [0.2, 0.25) is 5.00 Å². The molecule has 0 bridgehead atoms. The lowest BCUT2D eigenvalue weighted by atomic mass is 9.94. The van der Waals surface area contributed by atoms with Crippen LogP contribution >= 0.6 is 11.8 Å². The molecule has 1 aliphatic heterocycles. The van der Waals surface area contributed by atoms with Gasteiger partial charge in [0.1, 0.15) is 6.10 Å². The second-order valence-corrected chi connectivity index (χ2v) is 3.92. The molecule has 4 atom stereocenters. The molecule has 0 aromatic carbocycles. The Morgan fingerprint density at radius 3 is 2.27 bits per heavy atom. The Kier molecular flexibility index (Phi) is 2.48. The first-order valence-electron chi connectivity index (χ1n) is 3.10. The van der Waals surface area contributed by atoms with Crippen LogP contribution in [0, 0.1) is 0 Å². The summed E-state index contributed by atoms with van der Waals surface area (Å²) in [4.78, 5) is 0. The molecule has 0 aromatic rings. The summed E-state index contributed by atoms with van der Waals surface area (Å²) in [6.45, 7) is -0.844. The fourth-order valence-electron chi connectivity index (χ4n) is 0.931. The molecule has 62 valence electrons. The third kappa shape index (κ3) is 1.40. The third-order valence-corrected chi connectivity index (χ3v) is 2.96. The maximum atomic E-state index is 13.2. The van der Waals surface area contributed by atoms with Gasteiger partial charge in [-0.2, -0.15) is 0 Å². The SMILES string of the molecule is [B][C@@H]1S[C@](F)(CO)[C@@H](O)[C@H]1O. The average molecular weight is 178 g/mol. The maximum Gasteiger partial charge on any atom is 0.207 e. The number of alkyl halides is 1. The molecule has 0 amide bonds. The van der Waals surface area contributed by atoms with Gasteiger partial charge in [-0.15, -0.1) is 11.8 Å². The van der Waals surface area contributed by atoms with E-state index in [4.69, 9.17) is 23.2 Å². The normalized spacial score (nSPS) is 51.5. The van der Waals surface area contributed by atoms with Gasteiger partial charge in [-0.25, -0.2) is 4.39 Å². The molecular weight excluding hydrogens is 170 g/mol. The second kappa shape index (κ2) is 2.93. The molecule has 0 unspecified atom stereocenters. The average Bonchev–Trinajstić information content (AvgIpc) is 2.17. The molecule has 3 nitrogen and oxygen atoms in total. The number of hydrogen-bond donors (Lipinski definition) is 3. The van der Waals surface area contributed by atoms with Gasteiger partial charge in [0, 0.05) is 0 Å². The highest BCUT2D eigenvalue weighted by molar-refractivity contribution is 8.02. The molecule has 3 N–H and O–H groups in total. The van der Waals surface area contributed by atoms with Crippen molar-refractivity contribution in [2.75, 3.05) is 6.61 Å². The van der Waals surface area contributed by atoms with E-state index < -0.39 is 29.0 Å². The van der Waals surface area contributed by atoms with Gasteiger partial charge in [-0.1, -0.05) is 0 Å². The van der Waals surface area contributed by atoms with Crippen molar-refractivity contribution in [3.8, 4) is 0 Å². The first-order chi connectivity index (χ1) is 5.01. The Morgan fingerprint density at radius 2 is 2.09 bits per heavy atom. The van der Waals surface area contributed by atoms with Crippen LogP contribution in [0.5, 0.6) is 0 Å². The Balaban J connectivity index is 2.73. The number of aliphatic hydroxyl groups is 3. The van der Waals surface area contributed by atoms with E-state index in [-0.39, 0.29) is 0 Å². The minimum absolute atomic E-state index is 0.545. The highest BCUT2D eigenvalue weighted by atomic mass is 32.2. The molecule has 1 aliphatic rings. The van der Waals surface area contributed by atoms with Crippen molar-refractivity contribution in [1.82, 2.24) is 0 Å². The fraction of sp³-hybridized carbons (Fsp3) is 1.00. The molecule has 0 aromatic heterocycles. The monoisotopic (exact) mass is 178 g/mol. The quantitative estimate of drug-likeness (QED) is 0.432. The molecule has 0 spiro atoms. The minimum Gasteiger partial charge on any atom is -0.392 e. The van der Waals surface area contributed by atoms with E-state index in [9.17, 15) is 4.39 Å². The number of hydrogen-bond acceptors (Lipinski definition) is 4. The van der Waals surface area contributed by atoms with Gasteiger partial charge in [-0.05, 0) is 5.15 Å². The number of rotatable bonds is 1. The highest BCUT2D eigenvalue weighted by Crippen LogP contribution is 2.43. The van der Waals surface area contributed by atoms with Crippen molar-refractivity contribution >= 4 is 19.6 Å². The predicted octanol–water partition coefficient (Wildman–Crippen LogP) is -1.39. The summed E-state index contributed by atoms with van der Waals surface area (Å²) >= 11 is 0.545. The van der Waals surface area contributed by atoms with Gasteiger partial charge in [0.25, 0.3) is 0 Å². The van der Waals surface area contributed by atoms with E-state index in [1.165, 1.54) is 0 Å². The Labute approximate surface area is 69.0 Å². The van der Waals surface area contributed by atoms with E-state index in [1.807, 2.05) is 0 Å². The topological polar surface area (TPSA) is 60.7 Å². The zero-order valence-corrected chi connectivity index (χ0v) is 6.46. The predicted molar refractivity (Wildman–Crippen MR) is 40.1 cm³/mol. The van der Waals surface area contributed by atoms with Crippen LogP contribution in [0.15, 0.2) is 0 Å². The molecule has 1 saturated heterocycles. The molecule has 0 saturated carbocycles. The molecule has 1 fully saturated rings. The summed E-state index contributed by atoms with van der Waals surface area (Å²) in [5.41, 5.74) is 0. The second-order valence-electron chi connectivity index (χ2n) is 2.46. The molecule has 6 heteroatoms. The first-order valence-corrected chi connectivity index (χ1v) is 3.98. The minimum atomic E-state index is -2.21. The fourth-order valence-corrected chi connectivity index (χ4v) is 2.03. The Hall–Kier alpha value is 0.225. The lowest BCUT2D eigenvalue weighted by Crippen LogP contribution is -2.40. The van der Waals surface area contributed by atoms with Crippen LogP contribution in [-0.2, 0) is 0 Å². The van der Waals surface area contributed by atoms with Crippen molar-refractivity contribution in [1.29, 1.82) is 0 Å². The van der Waals surface area contributed by atoms with Gasteiger partial charge in [0.05, 0.1) is 20.6 Å². The van der Waals surface area contributed by atoms with Crippen LogP contribution in [0.3, 0.4) is 0 Å². The van der Waals surface area contributed by atoms with E-state index in [0.717, 1.165) is 0 Å². The zero-order valence-electron chi connectivity index (χ0n) is 5.64. The summed E-state index contributed by atoms with van der Waals surface area (Å²) in [6.07, 6.45) is -2.91. The van der Waals surface area contributed by atoms with Gasteiger partial charge in [0.15, 0.2) is 0 Å². The van der Waals surface area contributed by atoms with Crippen LogP contribution in [0.4, 0.5) is 4.39 Å². The van der Waals surface area contributed by atoms with Gasteiger partial charge >= 0.3 is 0 Å². The number of thioether (sulfide) groups is 1. The standard InChI is InChI=1S/C5H8BFO3S/c6-4-2(9)3(10)5(7,1-8)11-4/h2-4,8-10H,1H2/t2-,3+,4-,5-/m1/s1. The lowest BCUT2D eigenvalue weighted by molar-refractivity contribution is -0.0411. The lowest BCUT2D eigenvalue weighted by Gasteiger charge is -2.20. The van der Waals surface area contributed by atoms with E-state index >= 15 is 0 Å². The van der Waals surface area contributed by atoms with Crippen LogP contribution in [0.2, 0.25) is 0 Å². The molecule has 1 rings (SSSR count). The van der Waals surface area contributed by atoms with E-state index in [2.05, 4.69) is 0 Å². The summed E-state index contributed by atoms with van der Waals surface area (Å²) in [5.74, 6) is 0. The van der Waals surface area contributed by atoms with Crippen molar-refractivity contribution < 1.29 is 19.7 Å². The smallest absolute Gasteiger partial charge is 0.207 e. The Bertz CT molecular complexity index is 161. The summed E-state index contributed by atoms with van der Waals surface area (Å²) < 4.78 is 13.2. The summed E-state index contributed by atoms with van der Waals surface area (Å²) in [6, 6.07) is 0. The van der Waals surface area contributed by atoms with Crippen LogP contribution in [0.25, 0.3) is 0 Å². The molecule has 0 aliphatic carbocycles. The largest absolute Gasteiger partial charge is 0.392 e. The zero-order chi connectivity index (χ0) is 8.65. The van der Waals surface area contributed by atoms with Crippen molar-refractivity contribution in [2.24, 2.45) is 0 Å². The molecule has 1 heterocycles. The van der Waals surface area contributed by atoms with E-state index in [0.29, 0.717) is 11.8 Å².